The van der Waals surface area contributed by atoms with Crippen molar-refractivity contribution in [1.29, 1.82) is 0 Å². The maximum absolute atomic E-state index is 12.3. The number of hydrogen-bond acceptors (Lipinski definition) is 10. The fourth-order valence-corrected chi connectivity index (χ4v) is 8.03. The van der Waals surface area contributed by atoms with E-state index >= 15 is 0 Å². The highest BCUT2D eigenvalue weighted by Crippen LogP contribution is 2.58. The maximum Gasteiger partial charge on any atom is 0.303 e. The Morgan fingerprint density at radius 3 is 2.07 bits per heavy atom. The van der Waals surface area contributed by atoms with Crippen molar-refractivity contribution >= 4 is 23.9 Å². The molecule has 0 N–H and O–H groups in total. The minimum atomic E-state index is -1.29. The smallest absolute Gasteiger partial charge is 0.303 e. The zero-order chi connectivity index (χ0) is 32.6. The van der Waals surface area contributed by atoms with E-state index in [1.165, 1.54) is 51.7 Å². The lowest BCUT2D eigenvalue weighted by Gasteiger charge is -2.55. The summed E-state index contributed by atoms with van der Waals surface area (Å²) in [5, 5.41) is 0. The summed E-state index contributed by atoms with van der Waals surface area (Å²) in [6.45, 7) is 16.0. The molecule has 1 heterocycles. The summed E-state index contributed by atoms with van der Waals surface area (Å²) in [6, 6.07) is 4.12. The summed E-state index contributed by atoms with van der Waals surface area (Å²) < 4.78 is 34.7. The van der Waals surface area contributed by atoms with Gasteiger partial charge in [0.15, 0.2) is 12.2 Å². The second-order valence-corrected chi connectivity index (χ2v) is 13.7. The van der Waals surface area contributed by atoms with Gasteiger partial charge in [-0.1, -0.05) is 47.1 Å². The van der Waals surface area contributed by atoms with Crippen LogP contribution in [0.5, 0.6) is 5.75 Å². The zero-order valence-electron chi connectivity index (χ0n) is 27.5. The van der Waals surface area contributed by atoms with Gasteiger partial charge in [0.05, 0.1) is 0 Å². The highest BCUT2D eigenvalue weighted by atomic mass is 16.7. The van der Waals surface area contributed by atoms with Crippen LogP contribution in [0.2, 0.25) is 0 Å². The van der Waals surface area contributed by atoms with E-state index in [4.69, 9.17) is 28.4 Å². The molecular weight excluding hydrogens is 568 g/mol. The molecule has 1 aromatic rings. The Bertz CT molecular complexity index is 1270. The first-order valence-electron chi connectivity index (χ1n) is 15.7. The minimum absolute atomic E-state index is 0.0475. The molecule has 4 rings (SSSR count). The average Bonchev–Trinajstić information content (AvgIpc) is 2.89. The number of rotatable bonds is 8. The number of fused-ring (bicyclic) bond motifs is 3. The van der Waals surface area contributed by atoms with Gasteiger partial charge in [0, 0.05) is 33.3 Å². The predicted molar refractivity (Wildman–Crippen MR) is 160 cm³/mol. The summed E-state index contributed by atoms with van der Waals surface area (Å²) >= 11 is 0. The van der Waals surface area contributed by atoms with Crippen molar-refractivity contribution in [3.05, 3.63) is 28.8 Å². The second-order valence-electron chi connectivity index (χ2n) is 13.7. The number of benzene rings is 1. The molecule has 10 heteroatoms. The third-order valence-electron chi connectivity index (χ3n) is 9.61. The summed E-state index contributed by atoms with van der Waals surface area (Å²) in [5.41, 5.74) is 4.00. The van der Waals surface area contributed by atoms with Crippen molar-refractivity contribution in [3.63, 3.8) is 0 Å². The molecule has 10 nitrogen and oxygen atoms in total. The van der Waals surface area contributed by atoms with E-state index in [1.807, 2.05) is 6.07 Å². The van der Waals surface area contributed by atoms with E-state index in [1.54, 1.807) is 0 Å². The first kappa shape index (κ1) is 33.7. The van der Waals surface area contributed by atoms with Crippen LogP contribution in [0.15, 0.2) is 12.1 Å². The van der Waals surface area contributed by atoms with Crippen molar-refractivity contribution in [1.82, 2.24) is 0 Å². The number of hydrogen-bond donors (Lipinski definition) is 0. The van der Waals surface area contributed by atoms with Gasteiger partial charge in [0.1, 0.15) is 18.5 Å². The van der Waals surface area contributed by atoms with Gasteiger partial charge < -0.3 is 28.4 Å². The van der Waals surface area contributed by atoms with Crippen LogP contribution in [-0.2, 0) is 54.7 Å². The molecule has 0 aromatic heterocycles. The molecule has 7 atom stereocenters. The van der Waals surface area contributed by atoms with Crippen LogP contribution in [0.25, 0.3) is 0 Å². The lowest BCUT2D eigenvalue weighted by molar-refractivity contribution is -0.288. The summed E-state index contributed by atoms with van der Waals surface area (Å²) in [6.07, 6.45) is -0.620. The van der Waals surface area contributed by atoms with Crippen LogP contribution in [-0.4, -0.2) is 61.2 Å². The minimum Gasteiger partial charge on any atom is -0.463 e. The maximum atomic E-state index is 12.3. The lowest BCUT2D eigenvalue weighted by Crippen LogP contribution is -2.63. The Morgan fingerprint density at radius 1 is 0.864 bits per heavy atom. The van der Waals surface area contributed by atoms with Gasteiger partial charge in [0.25, 0.3) is 0 Å². The average molecular weight is 617 g/mol. The molecule has 2 aliphatic carbocycles. The van der Waals surface area contributed by atoms with Gasteiger partial charge in [-0.2, -0.15) is 0 Å². The second kappa shape index (κ2) is 13.1. The summed E-state index contributed by atoms with van der Waals surface area (Å²) in [4.78, 5) is 48.3. The van der Waals surface area contributed by atoms with Crippen LogP contribution in [0.4, 0.5) is 0 Å². The fraction of sp³-hybridized carbons (Fsp3) is 0.706. The van der Waals surface area contributed by atoms with Crippen LogP contribution in [0.1, 0.15) is 111 Å². The van der Waals surface area contributed by atoms with Crippen LogP contribution < -0.4 is 4.74 Å². The molecule has 2 fully saturated rings. The molecule has 0 amide bonds. The van der Waals surface area contributed by atoms with E-state index in [-0.39, 0.29) is 23.4 Å². The molecule has 0 radical (unpaired) electrons. The van der Waals surface area contributed by atoms with E-state index in [0.29, 0.717) is 11.7 Å². The van der Waals surface area contributed by atoms with Gasteiger partial charge in [-0.3, -0.25) is 19.2 Å². The van der Waals surface area contributed by atoms with Crippen molar-refractivity contribution in [2.45, 2.75) is 136 Å². The van der Waals surface area contributed by atoms with Gasteiger partial charge in [-0.15, -0.1) is 0 Å². The number of ether oxygens (including phenoxy) is 6. The molecule has 1 aliphatic heterocycles. The van der Waals surface area contributed by atoms with E-state index in [0.717, 1.165) is 24.8 Å². The van der Waals surface area contributed by atoms with Crippen molar-refractivity contribution < 1.29 is 47.6 Å². The van der Waals surface area contributed by atoms with Crippen molar-refractivity contribution in [2.75, 3.05) is 6.61 Å². The quantitative estimate of drug-likeness (QED) is 0.281. The molecular formula is C34H48O10. The molecule has 1 saturated carbocycles. The molecule has 0 unspecified atom stereocenters. The molecule has 3 aliphatic rings. The van der Waals surface area contributed by atoms with Crippen LogP contribution in [0, 0.1) is 11.3 Å². The van der Waals surface area contributed by atoms with Gasteiger partial charge in [-0.05, 0) is 65.5 Å². The largest absolute Gasteiger partial charge is 0.463 e. The normalized spacial score (nSPS) is 30.8. The highest BCUT2D eigenvalue weighted by molar-refractivity contribution is 5.68. The van der Waals surface area contributed by atoms with E-state index < -0.39 is 54.6 Å². The third kappa shape index (κ3) is 6.90. The number of esters is 4. The van der Waals surface area contributed by atoms with Crippen LogP contribution in [0.3, 0.4) is 0 Å². The standard InChI is InChI=1S/C34H48O10/c1-18(2)28-23-11-14-27-33(7,8)15-10-16-34(27,9)24(23)12-13-25(28)43-32-31(42-22(6)38)30(41-21(5)37)29(40-20(4)36)26(44-32)17-39-19(3)35/h12-13,18,26-27,29-32H,10-11,14-17H2,1-9H3/t26-,27+,29-,30+,31+,32+,34-/m1/s1. The molecule has 44 heavy (non-hydrogen) atoms. The molecule has 1 saturated heterocycles. The number of carbonyl (C=O) groups is 4. The van der Waals surface area contributed by atoms with Crippen molar-refractivity contribution in [3.8, 4) is 5.75 Å². The Balaban J connectivity index is 1.78. The Hall–Kier alpha value is -3.14. The van der Waals surface area contributed by atoms with Gasteiger partial charge in [-0.25, -0.2) is 0 Å². The number of carbonyl (C=O) groups excluding carboxylic acids is 4. The summed E-state index contributed by atoms with van der Waals surface area (Å²) in [7, 11) is 0. The van der Waals surface area contributed by atoms with Gasteiger partial charge in [0.2, 0.25) is 12.4 Å². The van der Waals surface area contributed by atoms with Gasteiger partial charge >= 0.3 is 23.9 Å². The topological polar surface area (TPSA) is 124 Å². The predicted octanol–water partition coefficient (Wildman–Crippen LogP) is 5.30. The molecule has 0 bridgehead atoms. The molecule has 1 aromatic carbocycles. The molecule has 0 spiro atoms. The Morgan fingerprint density at radius 2 is 1.48 bits per heavy atom. The monoisotopic (exact) mass is 616 g/mol. The van der Waals surface area contributed by atoms with E-state index in [9.17, 15) is 19.2 Å². The SMILES string of the molecule is CC(=O)OC[C@H]1O[C@H](Oc2ccc3c(c2C(C)C)CC[C@H]2C(C)(C)CCC[C@]32C)[C@@H](OC(C)=O)[C@@H](OC(C)=O)[C@@H]1OC(C)=O. The summed E-state index contributed by atoms with van der Waals surface area (Å²) in [5.74, 6) is -1.38. The zero-order valence-corrected chi connectivity index (χ0v) is 27.5. The highest BCUT2D eigenvalue weighted by Gasteiger charge is 2.54. The first-order valence-corrected chi connectivity index (χ1v) is 15.7. The Kier molecular flexibility index (Phi) is 10.0. The lowest BCUT2D eigenvalue weighted by atomic mass is 9.50. The van der Waals surface area contributed by atoms with Crippen LogP contribution >= 0.6 is 0 Å². The Labute approximate surface area is 260 Å². The fourth-order valence-electron chi connectivity index (χ4n) is 8.03. The van der Waals surface area contributed by atoms with E-state index in [2.05, 4.69) is 40.7 Å². The first-order chi connectivity index (χ1) is 20.5. The van der Waals surface area contributed by atoms with Crippen molar-refractivity contribution in [2.24, 2.45) is 11.3 Å². The third-order valence-corrected chi connectivity index (χ3v) is 9.61. The molecule has 244 valence electrons.